The molecule has 1 aromatic carbocycles. The van der Waals surface area contributed by atoms with Gasteiger partial charge in [0.2, 0.25) is 0 Å². The fourth-order valence-electron chi connectivity index (χ4n) is 5.71. The van der Waals surface area contributed by atoms with Crippen molar-refractivity contribution in [3.63, 3.8) is 0 Å². The summed E-state index contributed by atoms with van der Waals surface area (Å²) in [4.78, 5) is 50.2. The Labute approximate surface area is 214 Å². The van der Waals surface area contributed by atoms with Crippen molar-refractivity contribution in [1.82, 2.24) is 5.32 Å². The van der Waals surface area contributed by atoms with E-state index in [1.54, 1.807) is 6.07 Å². The number of aliphatic hydroxyl groups excluding tert-OH is 1. The van der Waals surface area contributed by atoms with Gasteiger partial charge < -0.3 is 31.1 Å². The number of alkyl carbamates (subject to hydrolysis) is 1. The summed E-state index contributed by atoms with van der Waals surface area (Å²) in [5, 5.41) is 35.6. The van der Waals surface area contributed by atoms with Crippen LogP contribution in [0.25, 0.3) is 0 Å². The van der Waals surface area contributed by atoms with Crippen molar-refractivity contribution in [2.75, 3.05) is 6.61 Å². The third-order valence-electron chi connectivity index (χ3n) is 7.47. The van der Waals surface area contributed by atoms with Crippen LogP contribution in [0.4, 0.5) is 4.79 Å². The standard InChI is InChI=1S/C27H32N2O8/c1-12-19-14(7-15-9-18(31)21(24(28)34)23(33)27(12,15)36)8-16-13(5-6-17(30)20(16)22(19)32)10-29-25(35)37-11-26(2,3)4/h5-6,14-15,30,33,36H,7-11H2,1-4H3,(H2,28,34)(H,29,35)/t14-,15+,27-/m1/s1. The third-order valence-corrected chi connectivity index (χ3v) is 7.47. The number of allylic oxidation sites excluding steroid dienone is 1. The molecule has 10 nitrogen and oxygen atoms in total. The van der Waals surface area contributed by atoms with Crippen LogP contribution in [0.15, 0.2) is 34.6 Å². The molecule has 4 rings (SSSR count). The summed E-state index contributed by atoms with van der Waals surface area (Å²) in [7, 11) is 0. The lowest BCUT2D eigenvalue weighted by molar-refractivity contribution is -0.126. The number of amides is 2. The van der Waals surface area contributed by atoms with Crippen molar-refractivity contribution in [3.8, 4) is 5.75 Å². The van der Waals surface area contributed by atoms with E-state index in [9.17, 15) is 34.5 Å². The maximum Gasteiger partial charge on any atom is 0.407 e. The van der Waals surface area contributed by atoms with Gasteiger partial charge in [0, 0.05) is 24.5 Å². The van der Waals surface area contributed by atoms with Crippen LogP contribution in [0.2, 0.25) is 0 Å². The molecular formula is C27H32N2O8. The lowest BCUT2D eigenvalue weighted by Gasteiger charge is -2.47. The Morgan fingerprint density at radius 3 is 2.49 bits per heavy atom. The number of phenolic OH excluding ortho intramolecular Hbond substituents is 1. The molecule has 2 amide bonds. The molecule has 0 unspecified atom stereocenters. The topological polar surface area (TPSA) is 176 Å². The molecule has 6 N–H and O–H groups in total. The molecule has 0 bridgehead atoms. The highest BCUT2D eigenvalue weighted by Crippen LogP contribution is 2.53. The molecule has 1 aromatic rings. The van der Waals surface area contributed by atoms with E-state index in [2.05, 4.69) is 5.32 Å². The largest absolute Gasteiger partial charge is 0.508 e. The molecule has 3 aliphatic carbocycles. The summed E-state index contributed by atoms with van der Waals surface area (Å²) in [6.45, 7) is 7.58. The van der Waals surface area contributed by atoms with E-state index >= 15 is 0 Å². The molecular weight excluding hydrogens is 480 g/mol. The highest BCUT2D eigenvalue weighted by atomic mass is 16.5. The smallest absolute Gasteiger partial charge is 0.407 e. The van der Waals surface area contributed by atoms with E-state index < -0.39 is 52.3 Å². The molecule has 0 fully saturated rings. The van der Waals surface area contributed by atoms with E-state index in [0.29, 0.717) is 17.5 Å². The zero-order valence-corrected chi connectivity index (χ0v) is 21.3. The van der Waals surface area contributed by atoms with Gasteiger partial charge in [0.25, 0.3) is 5.91 Å². The van der Waals surface area contributed by atoms with E-state index in [1.165, 1.54) is 13.0 Å². The van der Waals surface area contributed by atoms with Gasteiger partial charge in [0.05, 0.1) is 12.2 Å². The van der Waals surface area contributed by atoms with E-state index in [0.717, 1.165) is 0 Å². The highest BCUT2D eigenvalue weighted by Gasteiger charge is 2.56. The first-order chi connectivity index (χ1) is 17.2. The molecule has 0 heterocycles. The molecule has 0 spiro atoms. The van der Waals surface area contributed by atoms with Crippen LogP contribution >= 0.6 is 0 Å². The molecule has 3 aliphatic rings. The van der Waals surface area contributed by atoms with Crippen molar-refractivity contribution in [3.05, 3.63) is 51.3 Å². The van der Waals surface area contributed by atoms with E-state index in [4.69, 9.17) is 10.5 Å². The second-order valence-corrected chi connectivity index (χ2v) is 11.3. The summed E-state index contributed by atoms with van der Waals surface area (Å²) in [5.74, 6) is -4.58. The number of aromatic hydroxyl groups is 1. The van der Waals surface area contributed by atoms with Crippen LogP contribution in [0, 0.1) is 17.3 Å². The number of rotatable bonds is 4. The number of ether oxygens (including phenoxy) is 1. The Bertz CT molecular complexity index is 1290. The summed E-state index contributed by atoms with van der Waals surface area (Å²) >= 11 is 0. The number of fused-ring (bicyclic) bond motifs is 3. The predicted octanol–water partition coefficient (Wildman–Crippen LogP) is 2.36. The number of primary amides is 1. The Hall–Kier alpha value is -3.66. The van der Waals surface area contributed by atoms with Crippen molar-refractivity contribution in [2.24, 2.45) is 23.0 Å². The first kappa shape index (κ1) is 26.4. The molecule has 0 radical (unpaired) electrons. The molecule has 0 saturated carbocycles. The van der Waals surface area contributed by atoms with Crippen LogP contribution in [0.1, 0.15) is 62.0 Å². The fraction of sp³-hybridized carbons (Fsp3) is 0.481. The van der Waals surface area contributed by atoms with Crippen molar-refractivity contribution in [2.45, 2.75) is 59.1 Å². The monoisotopic (exact) mass is 512 g/mol. The van der Waals surface area contributed by atoms with Gasteiger partial charge in [-0.05, 0) is 53.9 Å². The quantitative estimate of drug-likeness (QED) is 0.382. The first-order valence-corrected chi connectivity index (χ1v) is 12.2. The maximum absolute atomic E-state index is 13.7. The van der Waals surface area contributed by atoms with Crippen LogP contribution in [0.3, 0.4) is 0 Å². The van der Waals surface area contributed by atoms with Gasteiger partial charge in [0.15, 0.2) is 11.6 Å². The number of ketones is 2. The third kappa shape index (κ3) is 4.39. The predicted molar refractivity (Wildman–Crippen MR) is 132 cm³/mol. The minimum atomic E-state index is -2.09. The fourth-order valence-corrected chi connectivity index (χ4v) is 5.71. The number of carbonyl (C=O) groups excluding carboxylic acids is 4. The average molecular weight is 513 g/mol. The number of carbonyl (C=O) groups is 4. The van der Waals surface area contributed by atoms with E-state index in [-0.39, 0.29) is 53.9 Å². The molecule has 37 heavy (non-hydrogen) atoms. The Balaban J connectivity index is 1.71. The summed E-state index contributed by atoms with van der Waals surface area (Å²) in [5.41, 5.74) is 3.92. The first-order valence-electron chi connectivity index (χ1n) is 12.2. The molecule has 10 heteroatoms. The molecule has 0 aromatic heterocycles. The van der Waals surface area contributed by atoms with Crippen LogP contribution < -0.4 is 11.1 Å². The van der Waals surface area contributed by atoms with Gasteiger partial charge >= 0.3 is 6.09 Å². The average Bonchev–Trinajstić information content (AvgIpc) is 2.78. The lowest BCUT2D eigenvalue weighted by atomic mass is 9.58. The minimum Gasteiger partial charge on any atom is -0.508 e. The van der Waals surface area contributed by atoms with E-state index in [1.807, 2.05) is 20.8 Å². The Kier molecular flexibility index (Phi) is 6.44. The number of hydrogen-bond donors (Lipinski definition) is 5. The van der Waals surface area contributed by atoms with Crippen LogP contribution in [-0.2, 0) is 27.3 Å². The zero-order valence-electron chi connectivity index (χ0n) is 21.3. The van der Waals surface area contributed by atoms with Crippen molar-refractivity contribution in [1.29, 1.82) is 0 Å². The van der Waals surface area contributed by atoms with Crippen LogP contribution in [0.5, 0.6) is 5.75 Å². The zero-order chi connectivity index (χ0) is 27.4. The molecule has 0 saturated heterocycles. The minimum absolute atomic E-state index is 0.0560. The van der Waals surface area contributed by atoms with Gasteiger partial charge in [-0.1, -0.05) is 26.8 Å². The summed E-state index contributed by atoms with van der Waals surface area (Å²) in [6, 6.07) is 3.00. The number of Topliss-reactive ketones (excluding diaryl/α,β-unsaturated/α-hetero) is 2. The second-order valence-electron chi connectivity index (χ2n) is 11.3. The number of phenols is 1. The Morgan fingerprint density at radius 1 is 1.19 bits per heavy atom. The number of nitrogens with two attached hydrogens (primary N) is 1. The van der Waals surface area contributed by atoms with Gasteiger partial charge in [-0.15, -0.1) is 0 Å². The number of hydrogen-bond acceptors (Lipinski definition) is 8. The van der Waals surface area contributed by atoms with Crippen molar-refractivity contribution >= 4 is 23.6 Å². The molecule has 0 aliphatic heterocycles. The molecule has 3 atom stereocenters. The number of benzene rings is 1. The molecule has 198 valence electrons. The number of nitrogens with one attached hydrogen (secondary N) is 1. The van der Waals surface area contributed by atoms with Gasteiger partial charge in [-0.3, -0.25) is 14.4 Å². The normalized spacial score (nSPS) is 25.3. The maximum atomic E-state index is 13.7. The van der Waals surface area contributed by atoms with Gasteiger partial charge in [-0.25, -0.2) is 4.79 Å². The second kappa shape index (κ2) is 9.02. The van der Waals surface area contributed by atoms with Crippen molar-refractivity contribution < 1.29 is 39.2 Å². The van der Waals surface area contributed by atoms with Crippen LogP contribution in [-0.4, -0.2) is 51.1 Å². The lowest BCUT2D eigenvalue weighted by Crippen LogP contribution is -2.53. The van der Waals surface area contributed by atoms with Gasteiger partial charge in [0.1, 0.15) is 22.7 Å². The Morgan fingerprint density at radius 2 is 1.86 bits per heavy atom. The summed E-state index contributed by atoms with van der Waals surface area (Å²) < 4.78 is 5.24. The highest BCUT2D eigenvalue weighted by molar-refractivity contribution is 6.20. The number of aliphatic hydroxyl groups is 2. The van der Waals surface area contributed by atoms with Gasteiger partial charge in [-0.2, -0.15) is 0 Å². The summed E-state index contributed by atoms with van der Waals surface area (Å²) in [6.07, 6.45) is -0.322. The SMILES string of the molecule is CC1=C2C(=O)c3c(O)ccc(CNC(=O)OCC(C)(C)C)c3C[C@H]2C[C@H]2CC(=O)C(C(N)=O)=C(O)[C@@]12O.